The molecule has 1 saturated heterocycles. The van der Waals surface area contributed by atoms with Gasteiger partial charge in [0.1, 0.15) is 0 Å². The molecule has 1 aliphatic rings. The Morgan fingerprint density at radius 3 is 2.43 bits per heavy atom. The van der Waals surface area contributed by atoms with Crippen LogP contribution in [0.5, 0.6) is 0 Å². The highest BCUT2D eigenvalue weighted by atomic mass is 16.4. The van der Waals surface area contributed by atoms with Gasteiger partial charge in [0, 0.05) is 19.0 Å². The summed E-state index contributed by atoms with van der Waals surface area (Å²) in [4.78, 5) is 24.0. The second-order valence-electron chi connectivity index (χ2n) is 4.23. The minimum atomic E-state index is -0.812. The number of nitrogens with zero attached hydrogens (tertiary/aromatic N) is 1. The summed E-state index contributed by atoms with van der Waals surface area (Å²) in [5.74, 6) is -1.18. The second kappa shape index (κ2) is 3.98. The van der Waals surface area contributed by atoms with Crippen molar-refractivity contribution >= 4 is 11.9 Å². The molecule has 1 aliphatic heterocycles. The maximum atomic E-state index is 11.5. The summed E-state index contributed by atoms with van der Waals surface area (Å²) in [6.45, 7) is 6.16. The standard InChI is InChI=1S/C10H17NO3/c1-6(2)11-5-8(4-9(11)12)7(3)10(13)14/h6-8H,4-5H2,1-3H3,(H,13,14). The molecule has 1 amide bonds. The summed E-state index contributed by atoms with van der Waals surface area (Å²) in [6, 6.07) is 0.175. The molecule has 0 radical (unpaired) electrons. The first kappa shape index (κ1) is 11.0. The SMILES string of the molecule is CC(C(=O)O)C1CC(=O)N(C(C)C)C1. The highest BCUT2D eigenvalue weighted by Crippen LogP contribution is 2.26. The van der Waals surface area contributed by atoms with Gasteiger partial charge < -0.3 is 10.0 Å². The van der Waals surface area contributed by atoms with Crippen molar-refractivity contribution in [2.75, 3.05) is 6.54 Å². The number of likely N-dealkylation sites (tertiary alicyclic amines) is 1. The van der Waals surface area contributed by atoms with E-state index in [0.717, 1.165) is 0 Å². The lowest BCUT2D eigenvalue weighted by Crippen LogP contribution is -2.33. The van der Waals surface area contributed by atoms with Crippen LogP contribution in [0.1, 0.15) is 27.2 Å². The van der Waals surface area contributed by atoms with Crippen molar-refractivity contribution in [3.8, 4) is 0 Å². The van der Waals surface area contributed by atoms with E-state index in [2.05, 4.69) is 0 Å². The largest absolute Gasteiger partial charge is 0.481 e. The van der Waals surface area contributed by atoms with Gasteiger partial charge in [-0.25, -0.2) is 0 Å². The third-order valence-corrected chi connectivity index (χ3v) is 2.91. The summed E-state index contributed by atoms with van der Waals surface area (Å²) in [5, 5.41) is 8.82. The molecule has 0 spiro atoms. The molecular weight excluding hydrogens is 182 g/mol. The van der Waals surface area contributed by atoms with Crippen LogP contribution in [-0.2, 0) is 9.59 Å². The molecule has 1 heterocycles. The number of carboxylic acids is 1. The van der Waals surface area contributed by atoms with Crippen molar-refractivity contribution in [2.24, 2.45) is 11.8 Å². The van der Waals surface area contributed by atoms with Crippen molar-refractivity contribution in [1.82, 2.24) is 4.90 Å². The molecule has 0 aromatic rings. The molecule has 2 atom stereocenters. The van der Waals surface area contributed by atoms with Crippen LogP contribution in [0.2, 0.25) is 0 Å². The lowest BCUT2D eigenvalue weighted by atomic mass is 9.93. The molecule has 2 unspecified atom stereocenters. The third kappa shape index (κ3) is 2.05. The first-order chi connectivity index (χ1) is 6.43. The number of rotatable bonds is 3. The number of hydrogen-bond acceptors (Lipinski definition) is 2. The molecule has 4 nitrogen and oxygen atoms in total. The number of amides is 1. The van der Waals surface area contributed by atoms with Crippen LogP contribution < -0.4 is 0 Å². The summed E-state index contributed by atoms with van der Waals surface area (Å²) in [6.07, 6.45) is 0.381. The number of carboxylic acid groups (broad SMARTS) is 1. The molecule has 80 valence electrons. The van der Waals surface area contributed by atoms with Crippen molar-refractivity contribution < 1.29 is 14.7 Å². The Morgan fingerprint density at radius 2 is 2.07 bits per heavy atom. The molecule has 14 heavy (non-hydrogen) atoms. The zero-order chi connectivity index (χ0) is 10.9. The van der Waals surface area contributed by atoms with Crippen molar-refractivity contribution in [3.63, 3.8) is 0 Å². The smallest absolute Gasteiger partial charge is 0.306 e. The highest BCUT2D eigenvalue weighted by molar-refractivity contribution is 5.80. The van der Waals surface area contributed by atoms with Gasteiger partial charge in [0.2, 0.25) is 5.91 Å². The number of carbonyl (C=O) groups excluding carboxylic acids is 1. The van der Waals surface area contributed by atoms with Crippen LogP contribution in [0.15, 0.2) is 0 Å². The molecule has 0 aromatic carbocycles. The number of hydrogen-bond donors (Lipinski definition) is 1. The molecule has 4 heteroatoms. The summed E-state index contributed by atoms with van der Waals surface area (Å²) in [7, 11) is 0. The van der Waals surface area contributed by atoms with E-state index in [0.29, 0.717) is 13.0 Å². The first-order valence-electron chi connectivity index (χ1n) is 4.95. The number of carbonyl (C=O) groups is 2. The van der Waals surface area contributed by atoms with Gasteiger partial charge in [-0.05, 0) is 19.8 Å². The Labute approximate surface area is 83.9 Å². The van der Waals surface area contributed by atoms with Crippen LogP contribution in [-0.4, -0.2) is 34.5 Å². The Bertz CT molecular complexity index is 250. The van der Waals surface area contributed by atoms with E-state index in [-0.39, 0.29) is 17.9 Å². The fraction of sp³-hybridized carbons (Fsp3) is 0.800. The minimum absolute atomic E-state index is 0.0256. The van der Waals surface area contributed by atoms with Gasteiger partial charge in [-0.1, -0.05) is 6.92 Å². The first-order valence-corrected chi connectivity index (χ1v) is 4.95. The average Bonchev–Trinajstić information content (AvgIpc) is 2.45. The van der Waals surface area contributed by atoms with E-state index >= 15 is 0 Å². The lowest BCUT2D eigenvalue weighted by Gasteiger charge is -2.21. The molecule has 0 bridgehead atoms. The van der Waals surface area contributed by atoms with Gasteiger partial charge >= 0.3 is 5.97 Å². The fourth-order valence-corrected chi connectivity index (χ4v) is 1.80. The lowest BCUT2D eigenvalue weighted by molar-refractivity contribution is -0.142. The maximum absolute atomic E-state index is 11.5. The van der Waals surface area contributed by atoms with E-state index in [1.54, 1.807) is 11.8 Å². The Morgan fingerprint density at radius 1 is 1.50 bits per heavy atom. The van der Waals surface area contributed by atoms with Crippen LogP contribution in [0.3, 0.4) is 0 Å². The van der Waals surface area contributed by atoms with Gasteiger partial charge in [-0.2, -0.15) is 0 Å². The number of aliphatic carboxylic acids is 1. The molecule has 1 N–H and O–H groups in total. The normalized spacial score (nSPS) is 24.4. The van der Waals surface area contributed by atoms with Gasteiger partial charge in [0.25, 0.3) is 0 Å². The Kier molecular flexibility index (Phi) is 3.13. The van der Waals surface area contributed by atoms with E-state index < -0.39 is 11.9 Å². The molecular formula is C10H17NO3. The van der Waals surface area contributed by atoms with E-state index in [1.807, 2.05) is 13.8 Å². The van der Waals surface area contributed by atoms with E-state index in [9.17, 15) is 9.59 Å². The Hall–Kier alpha value is -1.06. The van der Waals surface area contributed by atoms with Crippen molar-refractivity contribution in [1.29, 1.82) is 0 Å². The minimum Gasteiger partial charge on any atom is -0.481 e. The molecule has 0 aliphatic carbocycles. The van der Waals surface area contributed by atoms with Crippen LogP contribution in [0, 0.1) is 11.8 Å². The van der Waals surface area contributed by atoms with Gasteiger partial charge in [0.05, 0.1) is 5.92 Å². The third-order valence-electron chi connectivity index (χ3n) is 2.91. The van der Waals surface area contributed by atoms with E-state index in [1.165, 1.54) is 0 Å². The molecule has 1 rings (SSSR count). The molecule has 0 aromatic heterocycles. The summed E-state index contributed by atoms with van der Waals surface area (Å²) < 4.78 is 0. The Balaban J connectivity index is 2.63. The van der Waals surface area contributed by atoms with Gasteiger partial charge in [0.15, 0.2) is 0 Å². The van der Waals surface area contributed by atoms with E-state index in [4.69, 9.17) is 5.11 Å². The van der Waals surface area contributed by atoms with Crippen LogP contribution in [0.25, 0.3) is 0 Å². The highest BCUT2D eigenvalue weighted by Gasteiger charge is 2.36. The van der Waals surface area contributed by atoms with Crippen LogP contribution in [0.4, 0.5) is 0 Å². The molecule has 1 fully saturated rings. The van der Waals surface area contributed by atoms with Crippen LogP contribution >= 0.6 is 0 Å². The molecule has 0 saturated carbocycles. The maximum Gasteiger partial charge on any atom is 0.306 e. The summed E-state index contributed by atoms with van der Waals surface area (Å²) in [5.41, 5.74) is 0. The monoisotopic (exact) mass is 199 g/mol. The fourth-order valence-electron chi connectivity index (χ4n) is 1.80. The topological polar surface area (TPSA) is 57.6 Å². The summed E-state index contributed by atoms with van der Waals surface area (Å²) >= 11 is 0. The predicted octanol–water partition coefficient (Wildman–Crippen LogP) is 0.964. The van der Waals surface area contributed by atoms with Crippen molar-refractivity contribution in [2.45, 2.75) is 33.2 Å². The van der Waals surface area contributed by atoms with Gasteiger partial charge in [-0.15, -0.1) is 0 Å². The average molecular weight is 199 g/mol. The predicted molar refractivity (Wildman–Crippen MR) is 51.8 cm³/mol. The zero-order valence-corrected chi connectivity index (χ0v) is 8.86. The second-order valence-corrected chi connectivity index (χ2v) is 4.23. The van der Waals surface area contributed by atoms with Gasteiger partial charge in [-0.3, -0.25) is 9.59 Å². The zero-order valence-electron chi connectivity index (χ0n) is 8.86. The van der Waals surface area contributed by atoms with Crippen molar-refractivity contribution in [3.05, 3.63) is 0 Å². The quantitative estimate of drug-likeness (QED) is 0.736.